The molecule has 2 N–H and O–H groups in total. The molecule has 3 nitrogen and oxygen atoms in total. The van der Waals surface area contributed by atoms with Crippen LogP contribution in [0.1, 0.15) is 11.3 Å². The number of benzene rings is 1. The average molecular weight is 261 g/mol. The fourth-order valence-corrected chi connectivity index (χ4v) is 2.86. The third-order valence-corrected chi connectivity index (χ3v) is 3.93. The van der Waals surface area contributed by atoms with Crippen molar-refractivity contribution in [2.45, 2.75) is 13.0 Å². The summed E-state index contributed by atoms with van der Waals surface area (Å²) in [4.78, 5) is 1.20. The van der Waals surface area contributed by atoms with Gasteiger partial charge < -0.3 is 15.2 Å². The van der Waals surface area contributed by atoms with Crippen LogP contribution >= 0.6 is 11.3 Å². The molecule has 1 aliphatic rings. The largest absolute Gasteiger partial charge is 0.490 e. The van der Waals surface area contributed by atoms with Crippen LogP contribution in [0, 0.1) is 0 Å². The Morgan fingerprint density at radius 2 is 1.94 bits per heavy atom. The lowest BCUT2D eigenvalue weighted by Gasteiger charge is -2.09. The molecule has 0 fully saturated rings. The first-order chi connectivity index (χ1) is 8.88. The molecule has 0 atom stereocenters. The van der Waals surface area contributed by atoms with Gasteiger partial charge in [0.1, 0.15) is 0 Å². The molecule has 4 heteroatoms. The molecule has 2 heterocycles. The van der Waals surface area contributed by atoms with Crippen molar-refractivity contribution >= 4 is 11.3 Å². The predicted octanol–water partition coefficient (Wildman–Crippen LogP) is 3.04. The maximum atomic E-state index is 5.75. The van der Waals surface area contributed by atoms with Crippen LogP contribution in [0.25, 0.3) is 11.1 Å². The molecule has 2 aromatic rings. The maximum Gasteiger partial charge on any atom is 0.161 e. The summed E-state index contributed by atoms with van der Waals surface area (Å²) in [5.74, 6) is 1.67. The predicted molar refractivity (Wildman–Crippen MR) is 73.3 cm³/mol. The van der Waals surface area contributed by atoms with Gasteiger partial charge in [0.15, 0.2) is 11.5 Å². The van der Waals surface area contributed by atoms with Crippen LogP contribution in [0.5, 0.6) is 11.5 Å². The lowest BCUT2D eigenvalue weighted by Crippen LogP contribution is -1.97. The first-order valence-corrected chi connectivity index (χ1v) is 6.93. The van der Waals surface area contributed by atoms with Crippen molar-refractivity contribution < 1.29 is 9.47 Å². The Morgan fingerprint density at radius 1 is 1.11 bits per heavy atom. The standard InChI is InChI=1S/C14H15NO2S/c15-9-14-11(4-7-18-14)10-2-3-12-13(8-10)17-6-1-5-16-12/h2-4,7-8H,1,5-6,9,15H2. The second-order valence-electron chi connectivity index (χ2n) is 4.17. The molecule has 0 amide bonds. The number of thiophene rings is 1. The third kappa shape index (κ3) is 2.09. The molecule has 94 valence electrons. The molecule has 1 aliphatic heterocycles. The molecule has 0 saturated carbocycles. The number of hydrogen-bond acceptors (Lipinski definition) is 4. The van der Waals surface area contributed by atoms with Crippen molar-refractivity contribution in [2.24, 2.45) is 5.73 Å². The summed E-state index contributed by atoms with van der Waals surface area (Å²) in [7, 11) is 0. The van der Waals surface area contributed by atoms with E-state index in [1.807, 2.05) is 12.1 Å². The van der Waals surface area contributed by atoms with Gasteiger partial charge in [-0.05, 0) is 34.7 Å². The van der Waals surface area contributed by atoms with Crippen molar-refractivity contribution in [1.82, 2.24) is 0 Å². The van der Waals surface area contributed by atoms with Crippen LogP contribution < -0.4 is 15.2 Å². The number of nitrogens with two attached hydrogens (primary N) is 1. The highest BCUT2D eigenvalue weighted by molar-refractivity contribution is 7.10. The van der Waals surface area contributed by atoms with Crippen molar-refractivity contribution in [1.29, 1.82) is 0 Å². The highest BCUT2D eigenvalue weighted by atomic mass is 32.1. The van der Waals surface area contributed by atoms with E-state index in [4.69, 9.17) is 15.2 Å². The van der Waals surface area contributed by atoms with E-state index in [0.717, 1.165) is 30.1 Å². The third-order valence-electron chi connectivity index (χ3n) is 2.99. The van der Waals surface area contributed by atoms with Gasteiger partial charge in [0, 0.05) is 17.8 Å². The lowest BCUT2D eigenvalue weighted by atomic mass is 10.1. The normalized spacial score (nSPS) is 14.3. The van der Waals surface area contributed by atoms with Gasteiger partial charge in [0.25, 0.3) is 0 Å². The minimum absolute atomic E-state index is 0.571. The van der Waals surface area contributed by atoms with E-state index in [0.29, 0.717) is 13.2 Å². The molecular formula is C14H15NO2S. The van der Waals surface area contributed by atoms with Crippen LogP contribution in [0.2, 0.25) is 0 Å². The van der Waals surface area contributed by atoms with Crippen LogP contribution in [-0.2, 0) is 6.54 Å². The zero-order valence-corrected chi connectivity index (χ0v) is 10.8. The molecular weight excluding hydrogens is 246 g/mol. The average Bonchev–Trinajstić information content (AvgIpc) is 2.76. The fraction of sp³-hybridized carbons (Fsp3) is 0.286. The molecule has 3 rings (SSSR count). The van der Waals surface area contributed by atoms with Gasteiger partial charge in [-0.2, -0.15) is 0 Å². The minimum Gasteiger partial charge on any atom is -0.490 e. The van der Waals surface area contributed by atoms with Crippen LogP contribution in [0.4, 0.5) is 0 Å². The summed E-state index contributed by atoms with van der Waals surface area (Å²) in [5, 5.41) is 2.07. The molecule has 0 unspecified atom stereocenters. The zero-order valence-electron chi connectivity index (χ0n) is 10.0. The van der Waals surface area contributed by atoms with E-state index in [2.05, 4.69) is 17.5 Å². The Bertz CT molecular complexity index is 550. The Labute approximate surface area is 110 Å². The molecule has 0 radical (unpaired) electrons. The molecule has 0 aliphatic carbocycles. The summed E-state index contributed by atoms with van der Waals surface area (Å²) < 4.78 is 11.3. The quantitative estimate of drug-likeness (QED) is 0.903. The van der Waals surface area contributed by atoms with E-state index < -0.39 is 0 Å². The zero-order chi connectivity index (χ0) is 12.4. The van der Waals surface area contributed by atoms with Crippen molar-refractivity contribution in [3.05, 3.63) is 34.5 Å². The SMILES string of the molecule is NCc1sccc1-c1ccc2c(c1)OCCCO2. The van der Waals surface area contributed by atoms with E-state index in [1.54, 1.807) is 11.3 Å². The van der Waals surface area contributed by atoms with Crippen molar-refractivity contribution in [3.63, 3.8) is 0 Å². The lowest BCUT2D eigenvalue weighted by molar-refractivity contribution is 0.297. The van der Waals surface area contributed by atoms with E-state index in [9.17, 15) is 0 Å². The first kappa shape index (κ1) is 11.6. The van der Waals surface area contributed by atoms with Gasteiger partial charge in [-0.25, -0.2) is 0 Å². The van der Waals surface area contributed by atoms with Crippen LogP contribution in [0.3, 0.4) is 0 Å². The molecule has 0 spiro atoms. The summed E-state index contributed by atoms with van der Waals surface area (Å²) in [6, 6.07) is 8.19. The molecule has 0 saturated heterocycles. The summed E-state index contributed by atoms with van der Waals surface area (Å²) in [6.07, 6.45) is 0.927. The van der Waals surface area contributed by atoms with Crippen LogP contribution in [0.15, 0.2) is 29.6 Å². The minimum atomic E-state index is 0.571. The van der Waals surface area contributed by atoms with Crippen molar-refractivity contribution in [2.75, 3.05) is 13.2 Å². The van der Waals surface area contributed by atoms with Crippen LogP contribution in [-0.4, -0.2) is 13.2 Å². The Hall–Kier alpha value is -1.52. The smallest absolute Gasteiger partial charge is 0.161 e. The van der Waals surface area contributed by atoms with Gasteiger partial charge in [0.05, 0.1) is 13.2 Å². The highest BCUT2D eigenvalue weighted by Crippen LogP contribution is 2.36. The number of rotatable bonds is 2. The van der Waals surface area contributed by atoms with Gasteiger partial charge in [-0.15, -0.1) is 11.3 Å². The number of hydrogen-bond donors (Lipinski definition) is 1. The Morgan fingerprint density at radius 3 is 2.78 bits per heavy atom. The van der Waals surface area contributed by atoms with Gasteiger partial charge in [-0.3, -0.25) is 0 Å². The van der Waals surface area contributed by atoms with Gasteiger partial charge in [0.2, 0.25) is 0 Å². The second-order valence-corrected chi connectivity index (χ2v) is 5.17. The van der Waals surface area contributed by atoms with E-state index >= 15 is 0 Å². The Kier molecular flexibility index (Phi) is 3.21. The molecule has 1 aromatic carbocycles. The first-order valence-electron chi connectivity index (χ1n) is 6.05. The van der Waals surface area contributed by atoms with Gasteiger partial charge in [-0.1, -0.05) is 6.07 Å². The fourth-order valence-electron chi connectivity index (χ4n) is 2.09. The summed E-state index contributed by atoms with van der Waals surface area (Å²) >= 11 is 1.69. The maximum absolute atomic E-state index is 5.75. The Balaban J connectivity index is 2.01. The topological polar surface area (TPSA) is 44.5 Å². The van der Waals surface area contributed by atoms with Crippen molar-refractivity contribution in [3.8, 4) is 22.6 Å². The van der Waals surface area contributed by atoms with E-state index in [1.165, 1.54) is 10.4 Å². The number of fused-ring (bicyclic) bond motifs is 1. The molecule has 0 bridgehead atoms. The second kappa shape index (κ2) is 5.00. The molecule has 1 aromatic heterocycles. The summed E-state index contributed by atoms with van der Waals surface area (Å²) in [5.41, 5.74) is 8.08. The monoisotopic (exact) mass is 261 g/mol. The summed E-state index contributed by atoms with van der Waals surface area (Å²) in [6.45, 7) is 2.00. The van der Waals surface area contributed by atoms with E-state index in [-0.39, 0.29) is 0 Å². The highest BCUT2D eigenvalue weighted by Gasteiger charge is 2.13. The van der Waals surface area contributed by atoms with Gasteiger partial charge >= 0.3 is 0 Å². The molecule has 18 heavy (non-hydrogen) atoms. The number of ether oxygens (including phenoxy) is 2.